The maximum Gasteiger partial charge on any atom is 0.291 e. The van der Waals surface area contributed by atoms with Crippen molar-refractivity contribution in [2.75, 3.05) is 5.32 Å². The molecule has 2 fully saturated rings. The van der Waals surface area contributed by atoms with Crippen LogP contribution in [0.5, 0.6) is 0 Å². The lowest BCUT2D eigenvalue weighted by molar-refractivity contribution is 0.0917. The first-order valence-corrected chi connectivity index (χ1v) is 13.0. The van der Waals surface area contributed by atoms with Crippen LogP contribution < -0.4 is 5.32 Å². The summed E-state index contributed by atoms with van der Waals surface area (Å²) in [6.45, 7) is 9.23. The van der Waals surface area contributed by atoms with E-state index in [1.165, 1.54) is 24.6 Å². The Morgan fingerprint density at radius 1 is 1.26 bits per heavy atom. The van der Waals surface area contributed by atoms with Crippen LogP contribution in [0.1, 0.15) is 106 Å². The molecule has 184 valence electrons. The number of piperidine rings is 1. The monoisotopic (exact) mass is 472 g/mol. The highest BCUT2D eigenvalue weighted by Crippen LogP contribution is 2.45. The van der Waals surface area contributed by atoms with E-state index in [0.717, 1.165) is 43.5 Å². The van der Waals surface area contributed by atoms with Gasteiger partial charge in [-0.3, -0.25) is 14.7 Å². The van der Waals surface area contributed by atoms with Crippen LogP contribution in [0, 0.1) is 16.7 Å². The zero-order chi connectivity index (χ0) is 24.7. The van der Waals surface area contributed by atoms with Gasteiger partial charge in [0.15, 0.2) is 5.82 Å². The maximum atomic E-state index is 12.9. The number of nitrogens with zero attached hydrogens (tertiary/aromatic N) is 4. The van der Waals surface area contributed by atoms with Gasteiger partial charge in [0.2, 0.25) is 0 Å². The second kappa shape index (κ2) is 9.23. The summed E-state index contributed by atoms with van der Waals surface area (Å²) in [6, 6.07) is 7.98. The molecule has 1 amide bonds. The molecule has 1 aliphatic carbocycles. The molecular weight excluding hydrogens is 436 g/mol. The quantitative estimate of drug-likeness (QED) is 0.587. The summed E-state index contributed by atoms with van der Waals surface area (Å²) in [4.78, 5) is 27.6. The number of rotatable bonds is 5. The SMILES string of the molecule is CC(C)N1C2CCC1CC(c1ccc(NC(=O)c3ncc(C#N)[nH]3)c(C3=CCC(C)(C)CC3)n1)C2. The van der Waals surface area contributed by atoms with Crippen LogP contribution >= 0.6 is 0 Å². The van der Waals surface area contributed by atoms with Gasteiger partial charge in [0.05, 0.1) is 17.6 Å². The summed E-state index contributed by atoms with van der Waals surface area (Å²) in [7, 11) is 0. The predicted octanol–water partition coefficient (Wildman–Crippen LogP) is 5.64. The van der Waals surface area contributed by atoms with Crippen molar-refractivity contribution in [3.05, 3.63) is 47.3 Å². The van der Waals surface area contributed by atoms with Gasteiger partial charge in [-0.2, -0.15) is 5.26 Å². The first-order valence-electron chi connectivity index (χ1n) is 13.0. The molecule has 2 N–H and O–H groups in total. The van der Waals surface area contributed by atoms with Crippen molar-refractivity contribution in [1.82, 2.24) is 19.9 Å². The summed E-state index contributed by atoms with van der Waals surface area (Å²) in [6.07, 6.45) is 11.6. The number of nitriles is 1. The Morgan fingerprint density at radius 3 is 2.60 bits per heavy atom. The van der Waals surface area contributed by atoms with Crippen LogP contribution in [0.2, 0.25) is 0 Å². The standard InChI is InChI=1S/C28H36N6O/c1-17(2)34-21-5-6-22(34)14-19(13-21)23-7-8-24(33-27(35)26-30-16-20(15-29)31-26)25(32-23)18-9-11-28(3,4)12-10-18/h7-9,16-17,19,21-22H,5-6,10-14H2,1-4H3,(H,30,31)(H,33,35). The fourth-order valence-electron chi connectivity index (χ4n) is 6.31. The molecule has 2 aromatic rings. The molecule has 5 rings (SSSR count). The number of hydrogen-bond donors (Lipinski definition) is 2. The molecule has 0 spiro atoms. The number of aromatic nitrogens is 3. The van der Waals surface area contributed by atoms with Gasteiger partial charge in [0, 0.05) is 29.7 Å². The first-order chi connectivity index (χ1) is 16.7. The number of aromatic amines is 1. The number of fused-ring (bicyclic) bond motifs is 2. The fourth-order valence-corrected chi connectivity index (χ4v) is 6.31. The number of allylic oxidation sites excluding steroid dienone is 2. The van der Waals surface area contributed by atoms with E-state index in [0.29, 0.717) is 29.7 Å². The van der Waals surface area contributed by atoms with E-state index in [1.54, 1.807) is 0 Å². The maximum absolute atomic E-state index is 12.9. The van der Waals surface area contributed by atoms with E-state index < -0.39 is 0 Å². The number of nitrogens with one attached hydrogen (secondary N) is 2. The summed E-state index contributed by atoms with van der Waals surface area (Å²) in [5.41, 5.74) is 4.51. The third-order valence-corrected chi connectivity index (χ3v) is 8.16. The van der Waals surface area contributed by atoms with Crippen LogP contribution in [0.4, 0.5) is 5.69 Å². The Bertz CT molecular complexity index is 1170. The van der Waals surface area contributed by atoms with Gasteiger partial charge < -0.3 is 10.3 Å². The number of carbonyl (C=O) groups is 1. The minimum absolute atomic E-state index is 0.132. The number of H-pyrrole nitrogens is 1. The Hall–Kier alpha value is -2.98. The van der Waals surface area contributed by atoms with E-state index in [1.807, 2.05) is 12.1 Å². The Morgan fingerprint density at radius 2 is 2.00 bits per heavy atom. The van der Waals surface area contributed by atoms with Crippen molar-refractivity contribution in [3.63, 3.8) is 0 Å². The van der Waals surface area contributed by atoms with Crippen LogP contribution in [-0.2, 0) is 0 Å². The molecule has 2 unspecified atom stereocenters. The van der Waals surface area contributed by atoms with E-state index >= 15 is 0 Å². The van der Waals surface area contributed by atoms with Gasteiger partial charge in [0.25, 0.3) is 5.91 Å². The van der Waals surface area contributed by atoms with Crippen molar-refractivity contribution in [1.29, 1.82) is 5.26 Å². The second-order valence-corrected chi connectivity index (χ2v) is 11.5. The lowest BCUT2D eigenvalue weighted by Crippen LogP contribution is -2.46. The number of hydrogen-bond acceptors (Lipinski definition) is 5. The molecule has 2 bridgehead atoms. The number of amides is 1. The van der Waals surface area contributed by atoms with Crippen LogP contribution in [0.15, 0.2) is 24.4 Å². The van der Waals surface area contributed by atoms with Crippen molar-refractivity contribution in [2.45, 2.75) is 96.7 Å². The molecule has 0 radical (unpaired) electrons. The molecule has 3 aliphatic rings. The molecule has 4 heterocycles. The van der Waals surface area contributed by atoms with Crippen molar-refractivity contribution in [3.8, 4) is 6.07 Å². The topological polar surface area (TPSA) is 97.7 Å². The third-order valence-electron chi connectivity index (χ3n) is 8.16. The molecule has 0 saturated carbocycles. The van der Waals surface area contributed by atoms with E-state index in [9.17, 15) is 4.79 Å². The molecule has 7 nitrogen and oxygen atoms in total. The van der Waals surface area contributed by atoms with E-state index in [4.69, 9.17) is 10.2 Å². The van der Waals surface area contributed by atoms with Gasteiger partial charge in [-0.05, 0) is 81.9 Å². The van der Waals surface area contributed by atoms with Crippen molar-refractivity contribution < 1.29 is 4.79 Å². The second-order valence-electron chi connectivity index (χ2n) is 11.5. The fraction of sp³-hybridized carbons (Fsp3) is 0.571. The van der Waals surface area contributed by atoms with Gasteiger partial charge in [-0.15, -0.1) is 0 Å². The predicted molar refractivity (Wildman–Crippen MR) is 137 cm³/mol. The highest BCUT2D eigenvalue weighted by atomic mass is 16.2. The van der Waals surface area contributed by atoms with E-state index in [2.05, 4.69) is 60.0 Å². The molecule has 7 heteroatoms. The highest BCUT2D eigenvalue weighted by Gasteiger charge is 2.42. The Labute approximate surface area is 208 Å². The third kappa shape index (κ3) is 4.77. The number of pyridine rings is 1. The Balaban J connectivity index is 1.44. The molecule has 2 saturated heterocycles. The smallest absolute Gasteiger partial charge is 0.291 e. The van der Waals surface area contributed by atoms with E-state index in [-0.39, 0.29) is 22.8 Å². The minimum Gasteiger partial charge on any atom is -0.326 e. The molecule has 2 aromatic heterocycles. The largest absolute Gasteiger partial charge is 0.326 e. The van der Waals surface area contributed by atoms with Crippen molar-refractivity contribution >= 4 is 17.2 Å². The van der Waals surface area contributed by atoms with Gasteiger partial charge >= 0.3 is 0 Å². The lowest BCUT2D eigenvalue weighted by atomic mass is 9.77. The summed E-state index contributed by atoms with van der Waals surface area (Å²) in [5, 5.41) is 12.1. The normalized spacial score (nSPS) is 25.8. The zero-order valence-electron chi connectivity index (χ0n) is 21.3. The summed E-state index contributed by atoms with van der Waals surface area (Å²) >= 11 is 0. The number of imidazole rings is 1. The molecule has 35 heavy (non-hydrogen) atoms. The molecule has 0 aromatic carbocycles. The molecule has 2 aliphatic heterocycles. The van der Waals surface area contributed by atoms with Crippen LogP contribution in [0.25, 0.3) is 5.57 Å². The first kappa shape index (κ1) is 23.7. The van der Waals surface area contributed by atoms with Crippen molar-refractivity contribution in [2.24, 2.45) is 5.41 Å². The molecular formula is C28H36N6O. The van der Waals surface area contributed by atoms with Gasteiger partial charge in [-0.25, -0.2) is 4.98 Å². The van der Waals surface area contributed by atoms with Crippen LogP contribution in [-0.4, -0.2) is 43.9 Å². The average molecular weight is 473 g/mol. The number of anilines is 1. The lowest BCUT2D eigenvalue weighted by Gasteiger charge is -2.41. The number of carbonyl (C=O) groups excluding carboxylic acids is 1. The summed E-state index contributed by atoms with van der Waals surface area (Å²) in [5.74, 6) is 0.227. The summed E-state index contributed by atoms with van der Waals surface area (Å²) < 4.78 is 0. The van der Waals surface area contributed by atoms with Gasteiger partial charge in [-0.1, -0.05) is 19.9 Å². The average Bonchev–Trinajstić information content (AvgIpc) is 3.42. The minimum atomic E-state index is -0.359. The zero-order valence-corrected chi connectivity index (χ0v) is 21.3. The highest BCUT2D eigenvalue weighted by molar-refractivity contribution is 6.03. The molecule has 2 atom stereocenters. The van der Waals surface area contributed by atoms with Gasteiger partial charge in [0.1, 0.15) is 11.8 Å². The van der Waals surface area contributed by atoms with Crippen LogP contribution in [0.3, 0.4) is 0 Å². The Kier molecular flexibility index (Phi) is 6.27.